The first-order valence-corrected chi connectivity index (χ1v) is 6.52. The van der Waals surface area contributed by atoms with E-state index in [9.17, 15) is 9.18 Å². The van der Waals surface area contributed by atoms with Gasteiger partial charge in [0.05, 0.1) is 0 Å². The molecule has 3 rings (SSSR count). The minimum Gasteiger partial charge on any atom is -0.338 e. The average Bonchev–Trinajstić information content (AvgIpc) is 2.86. The second-order valence-corrected chi connectivity index (χ2v) is 5.16. The number of piperidine rings is 1. The number of halogens is 2. The molecule has 0 aromatic heterocycles. The fourth-order valence-electron chi connectivity index (χ4n) is 3.01. The van der Waals surface area contributed by atoms with Gasteiger partial charge in [0.25, 0.3) is 5.91 Å². The van der Waals surface area contributed by atoms with E-state index < -0.39 is 0 Å². The Labute approximate surface area is 118 Å². The van der Waals surface area contributed by atoms with Gasteiger partial charge in [0.15, 0.2) is 0 Å². The molecule has 3 nitrogen and oxygen atoms in total. The van der Waals surface area contributed by atoms with Crippen molar-refractivity contribution in [2.45, 2.75) is 18.9 Å². The van der Waals surface area contributed by atoms with Crippen LogP contribution in [0.2, 0.25) is 0 Å². The lowest BCUT2D eigenvalue weighted by molar-refractivity contribution is 0.0662. The van der Waals surface area contributed by atoms with Crippen molar-refractivity contribution in [3.8, 4) is 0 Å². The molecule has 2 atom stereocenters. The van der Waals surface area contributed by atoms with E-state index in [4.69, 9.17) is 0 Å². The molecule has 2 fully saturated rings. The molecule has 0 bridgehead atoms. The Balaban J connectivity index is 0.00000133. The van der Waals surface area contributed by atoms with E-state index in [-0.39, 0.29) is 24.1 Å². The lowest BCUT2D eigenvalue weighted by atomic mass is 9.93. The maximum absolute atomic E-state index is 12.8. The predicted octanol–water partition coefficient (Wildman–Crippen LogP) is 2.07. The molecule has 2 aliphatic rings. The molecule has 5 heteroatoms. The highest BCUT2D eigenvalue weighted by Gasteiger charge is 2.34. The van der Waals surface area contributed by atoms with Crippen LogP contribution in [0.4, 0.5) is 4.39 Å². The monoisotopic (exact) mass is 284 g/mol. The Morgan fingerprint density at radius 2 is 2.00 bits per heavy atom. The normalized spacial score (nSPS) is 25.6. The first-order chi connectivity index (χ1) is 8.74. The van der Waals surface area contributed by atoms with E-state index in [1.54, 1.807) is 12.1 Å². The molecular formula is C14H18ClFN2O. The largest absolute Gasteiger partial charge is 0.338 e. The summed E-state index contributed by atoms with van der Waals surface area (Å²) in [6.45, 7) is 2.69. The molecule has 0 aliphatic carbocycles. The summed E-state index contributed by atoms with van der Waals surface area (Å²) in [5.74, 6) is 0.314. The van der Waals surface area contributed by atoms with Gasteiger partial charge >= 0.3 is 0 Å². The SMILES string of the molecule is Cl.O=C(c1ccc(F)cc1)N1CCC2NCCC2C1. The molecule has 1 N–H and O–H groups in total. The zero-order valence-corrected chi connectivity index (χ0v) is 11.5. The Morgan fingerprint density at radius 1 is 1.26 bits per heavy atom. The molecule has 1 amide bonds. The van der Waals surface area contributed by atoms with Gasteiger partial charge < -0.3 is 10.2 Å². The first-order valence-electron chi connectivity index (χ1n) is 6.52. The van der Waals surface area contributed by atoms with Crippen LogP contribution >= 0.6 is 12.4 Å². The lowest BCUT2D eigenvalue weighted by Gasteiger charge is -2.34. The molecule has 104 valence electrons. The van der Waals surface area contributed by atoms with E-state index in [1.165, 1.54) is 12.1 Å². The highest BCUT2D eigenvalue weighted by atomic mass is 35.5. The first kappa shape index (κ1) is 14.3. The van der Waals surface area contributed by atoms with Gasteiger partial charge in [-0.3, -0.25) is 4.79 Å². The number of fused-ring (bicyclic) bond motifs is 1. The topological polar surface area (TPSA) is 32.3 Å². The Morgan fingerprint density at radius 3 is 2.74 bits per heavy atom. The number of nitrogens with one attached hydrogen (secondary N) is 1. The molecule has 19 heavy (non-hydrogen) atoms. The number of hydrogen-bond acceptors (Lipinski definition) is 2. The van der Waals surface area contributed by atoms with Crippen LogP contribution in [0.3, 0.4) is 0 Å². The third-order valence-electron chi connectivity index (χ3n) is 4.03. The van der Waals surface area contributed by atoms with Crippen LogP contribution in [0.1, 0.15) is 23.2 Å². The molecule has 2 heterocycles. The van der Waals surface area contributed by atoms with Crippen LogP contribution in [-0.4, -0.2) is 36.5 Å². The number of hydrogen-bond donors (Lipinski definition) is 1. The van der Waals surface area contributed by atoms with Crippen LogP contribution in [0, 0.1) is 11.7 Å². The van der Waals surface area contributed by atoms with Gasteiger partial charge in [0, 0.05) is 24.7 Å². The second kappa shape index (κ2) is 5.88. The standard InChI is InChI=1S/C14H17FN2O.ClH/c15-12-3-1-10(2-4-12)14(18)17-8-6-13-11(9-17)5-7-16-13;/h1-4,11,13,16H,5-9H2;1H. The van der Waals surface area contributed by atoms with E-state index >= 15 is 0 Å². The van der Waals surface area contributed by atoms with Gasteiger partial charge in [-0.2, -0.15) is 0 Å². The van der Waals surface area contributed by atoms with Crippen molar-refractivity contribution < 1.29 is 9.18 Å². The smallest absolute Gasteiger partial charge is 0.253 e. The van der Waals surface area contributed by atoms with Crippen LogP contribution < -0.4 is 5.32 Å². The molecule has 2 aliphatic heterocycles. The second-order valence-electron chi connectivity index (χ2n) is 5.16. The summed E-state index contributed by atoms with van der Waals surface area (Å²) < 4.78 is 12.8. The van der Waals surface area contributed by atoms with Crippen molar-refractivity contribution in [3.63, 3.8) is 0 Å². The van der Waals surface area contributed by atoms with Gasteiger partial charge in [-0.15, -0.1) is 12.4 Å². The van der Waals surface area contributed by atoms with E-state index in [0.29, 0.717) is 17.5 Å². The third-order valence-corrected chi connectivity index (χ3v) is 4.03. The summed E-state index contributed by atoms with van der Waals surface area (Å²) in [5.41, 5.74) is 0.584. The number of likely N-dealkylation sites (tertiary alicyclic amines) is 1. The molecular weight excluding hydrogens is 267 g/mol. The quantitative estimate of drug-likeness (QED) is 0.856. The third kappa shape index (κ3) is 2.90. The van der Waals surface area contributed by atoms with Crippen LogP contribution in [-0.2, 0) is 0 Å². The zero-order chi connectivity index (χ0) is 12.5. The van der Waals surface area contributed by atoms with Gasteiger partial charge in [-0.1, -0.05) is 0 Å². The van der Waals surface area contributed by atoms with E-state index in [0.717, 1.165) is 32.5 Å². The number of nitrogens with zero attached hydrogens (tertiary/aromatic N) is 1. The minimum atomic E-state index is -0.301. The minimum absolute atomic E-state index is 0. The number of benzene rings is 1. The molecule has 2 unspecified atom stereocenters. The van der Waals surface area contributed by atoms with Gasteiger partial charge in [0.1, 0.15) is 5.82 Å². The van der Waals surface area contributed by atoms with E-state index in [2.05, 4.69) is 5.32 Å². The van der Waals surface area contributed by atoms with E-state index in [1.807, 2.05) is 4.90 Å². The fourth-order valence-corrected chi connectivity index (χ4v) is 3.01. The maximum atomic E-state index is 12.8. The highest BCUT2D eigenvalue weighted by Crippen LogP contribution is 2.25. The van der Waals surface area contributed by atoms with Gasteiger partial charge in [-0.25, -0.2) is 4.39 Å². The summed E-state index contributed by atoms with van der Waals surface area (Å²) in [6, 6.07) is 6.41. The lowest BCUT2D eigenvalue weighted by Crippen LogP contribution is -2.46. The summed E-state index contributed by atoms with van der Waals surface area (Å²) in [6.07, 6.45) is 2.18. The van der Waals surface area contributed by atoms with Crippen molar-refractivity contribution in [2.24, 2.45) is 5.92 Å². The van der Waals surface area contributed by atoms with Crippen molar-refractivity contribution >= 4 is 18.3 Å². The van der Waals surface area contributed by atoms with Crippen LogP contribution in [0.15, 0.2) is 24.3 Å². The van der Waals surface area contributed by atoms with Crippen molar-refractivity contribution in [3.05, 3.63) is 35.6 Å². The molecule has 1 aromatic rings. The average molecular weight is 285 g/mol. The Kier molecular flexibility index (Phi) is 4.42. The fraction of sp³-hybridized carbons (Fsp3) is 0.500. The van der Waals surface area contributed by atoms with Gasteiger partial charge in [0.2, 0.25) is 0 Å². The predicted molar refractivity (Wildman–Crippen MR) is 74.1 cm³/mol. The number of amides is 1. The summed E-state index contributed by atoms with van der Waals surface area (Å²) in [7, 11) is 0. The van der Waals surface area contributed by atoms with Gasteiger partial charge in [-0.05, 0) is 49.6 Å². The van der Waals surface area contributed by atoms with Crippen LogP contribution in [0.5, 0.6) is 0 Å². The molecule has 0 saturated carbocycles. The molecule has 2 saturated heterocycles. The molecule has 0 spiro atoms. The highest BCUT2D eigenvalue weighted by molar-refractivity contribution is 5.94. The van der Waals surface area contributed by atoms with Crippen LogP contribution in [0.25, 0.3) is 0 Å². The summed E-state index contributed by atoms with van der Waals surface area (Å²) in [4.78, 5) is 14.2. The van der Waals surface area contributed by atoms with Crippen molar-refractivity contribution in [2.75, 3.05) is 19.6 Å². The number of carbonyl (C=O) groups is 1. The number of carbonyl (C=O) groups excluding carboxylic acids is 1. The maximum Gasteiger partial charge on any atom is 0.253 e. The Hall–Kier alpha value is -1.13. The Bertz CT molecular complexity index is 451. The summed E-state index contributed by atoms with van der Waals surface area (Å²) >= 11 is 0. The number of rotatable bonds is 1. The zero-order valence-electron chi connectivity index (χ0n) is 10.6. The van der Waals surface area contributed by atoms with Crippen molar-refractivity contribution in [1.29, 1.82) is 0 Å². The van der Waals surface area contributed by atoms with Crippen molar-refractivity contribution in [1.82, 2.24) is 10.2 Å². The molecule has 0 radical (unpaired) electrons. The molecule has 1 aromatic carbocycles. The summed E-state index contributed by atoms with van der Waals surface area (Å²) in [5, 5.41) is 3.48.